The molecule has 7 nitrogen and oxygen atoms in total. The monoisotopic (exact) mass is 409 g/mol. The zero-order valence-electron chi connectivity index (χ0n) is 14.8. The van der Waals surface area contributed by atoms with Gasteiger partial charge in [0.1, 0.15) is 11.5 Å². The summed E-state index contributed by atoms with van der Waals surface area (Å²) in [5, 5.41) is 16.2. The lowest BCUT2D eigenvalue weighted by Gasteiger charge is -2.12. The third-order valence-corrected chi connectivity index (χ3v) is 4.15. The van der Waals surface area contributed by atoms with Gasteiger partial charge in [0.25, 0.3) is 11.8 Å². The third-order valence-electron chi connectivity index (χ3n) is 3.82. The molecule has 3 aromatic rings. The van der Waals surface area contributed by atoms with Crippen LogP contribution in [0.25, 0.3) is 6.08 Å². The number of nitrogens with one attached hydrogen (secondary N) is 2. The van der Waals surface area contributed by atoms with E-state index in [-0.39, 0.29) is 21.8 Å². The number of anilines is 1. The van der Waals surface area contributed by atoms with Crippen molar-refractivity contribution in [2.24, 2.45) is 0 Å². The van der Waals surface area contributed by atoms with Crippen LogP contribution in [0.15, 0.2) is 77.0 Å². The Morgan fingerprint density at radius 2 is 1.69 bits per heavy atom. The van der Waals surface area contributed by atoms with E-state index in [0.29, 0.717) is 11.4 Å². The van der Waals surface area contributed by atoms with Crippen LogP contribution >= 0.6 is 11.6 Å². The molecule has 0 unspecified atom stereocenters. The third kappa shape index (κ3) is 5.12. The zero-order chi connectivity index (χ0) is 20.8. The predicted octanol–water partition coefficient (Wildman–Crippen LogP) is 2.71. The minimum atomic E-state index is -1.33. The van der Waals surface area contributed by atoms with E-state index in [9.17, 15) is 19.5 Å². The second-order valence-electron chi connectivity index (χ2n) is 5.83. The summed E-state index contributed by atoms with van der Waals surface area (Å²) in [7, 11) is 0. The van der Waals surface area contributed by atoms with Gasteiger partial charge in [-0.25, -0.2) is 0 Å². The molecule has 0 saturated heterocycles. The summed E-state index contributed by atoms with van der Waals surface area (Å²) < 4.78 is 5.21. The van der Waals surface area contributed by atoms with Gasteiger partial charge in [-0.15, -0.1) is 0 Å². The summed E-state index contributed by atoms with van der Waals surface area (Å²) in [5.74, 6) is -2.19. The first-order chi connectivity index (χ1) is 13.9. The van der Waals surface area contributed by atoms with Crippen LogP contribution in [0.3, 0.4) is 0 Å². The van der Waals surface area contributed by atoms with Crippen LogP contribution in [0.2, 0.25) is 5.02 Å². The summed E-state index contributed by atoms with van der Waals surface area (Å²) >= 11 is 6.04. The molecule has 29 heavy (non-hydrogen) atoms. The number of carbonyl (C=O) groups excluding carboxylic acids is 3. The molecule has 0 saturated carbocycles. The van der Waals surface area contributed by atoms with Crippen LogP contribution in [-0.2, 0) is 4.79 Å². The van der Waals surface area contributed by atoms with E-state index in [2.05, 4.69) is 10.6 Å². The van der Waals surface area contributed by atoms with E-state index in [1.165, 1.54) is 42.7 Å². The van der Waals surface area contributed by atoms with Crippen molar-refractivity contribution < 1.29 is 23.9 Å². The first kappa shape index (κ1) is 19.9. The van der Waals surface area contributed by atoms with Gasteiger partial charge in [-0.2, -0.15) is 0 Å². The number of amides is 2. The molecule has 0 aliphatic heterocycles. The second kappa shape index (κ2) is 8.90. The maximum absolute atomic E-state index is 12.7. The number of hydrogen-bond donors (Lipinski definition) is 2. The van der Waals surface area contributed by atoms with Crippen molar-refractivity contribution in [3.8, 4) is 0 Å². The number of halogens is 1. The molecule has 0 spiro atoms. The lowest BCUT2D eigenvalue weighted by Crippen LogP contribution is -2.31. The maximum atomic E-state index is 12.7. The Morgan fingerprint density at radius 3 is 2.31 bits per heavy atom. The van der Waals surface area contributed by atoms with Crippen molar-refractivity contribution in [2.75, 3.05) is 5.32 Å². The Hall–Kier alpha value is -3.84. The first-order valence-electron chi connectivity index (χ1n) is 8.38. The lowest BCUT2D eigenvalue weighted by molar-refractivity contribution is -0.255. The fraction of sp³-hybridized carbons (Fsp3) is 0. The van der Waals surface area contributed by atoms with Crippen molar-refractivity contribution in [3.63, 3.8) is 0 Å². The maximum Gasteiger partial charge on any atom is 0.272 e. The normalized spacial score (nSPS) is 11.0. The number of hydrogen-bond acceptors (Lipinski definition) is 5. The highest BCUT2D eigenvalue weighted by atomic mass is 35.5. The van der Waals surface area contributed by atoms with E-state index in [0.717, 1.165) is 0 Å². The van der Waals surface area contributed by atoms with E-state index in [1.54, 1.807) is 30.3 Å². The molecule has 0 fully saturated rings. The highest BCUT2D eigenvalue weighted by molar-refractivity contribution is 6.34. The van der Waals surface area contributed by atoms with Crippen molar-refractivity contribution in [3.05, 3.63) is 94.5 Å². The molecular formula is C21H14ClN2O5-. The summed E-state index contributed by atoms with van der Waals surface area (Å²) in [6.45, 7) is 0. The van der Waals surface area contributed by atoms with Crippen LogP contribution in [0, 0.1) is 0 Å². The molecular weight excluding hydrogens is 396 g/mol. The average molecular weight is 410 g/mol. The Kier molecular flexibility index (Phi) is 6.11. The van der Waals surface area contributed by atoms with Crippen LogP contribution in [0.1, 0.15) is 26.5 Å². The summed E-state index contributed by atoms with van der Waals surface area (Å²) in [4.78, 5) is 36.1. The van der Waals surface area contributed by atoms with Crippen LogP contribution in [-0.4, -0.2) is 17.8 Å². The van der Waals surface area contributed by atoms with E-state index in [4.69, 9.17) is 16.0 Å². The van der Waals surface area contributed by atoms with Gasteiger partial charge in [0.2, 0.25) is 0 Å². The molecule has 8 heteroatoms. The number of benzene rings is 2. The molecule has 0 atom stereocenters. The molecule has 1 aromatic heterocycles. The van der Waals surface area contributed by atoms with Gasteiger partial charge in [-0.1, -0.05) is 35.9 Å². The van der Waals surface area contributed by atoms with E-state index >= 15 is 0 Å². The highest BCUT2D eigenvalue weighted by Crippen LogP contribution is 2.17. The number of aromatic carboxylic acids is 1. The quantitative estimate of drug-likeness (QED) is 0.608. The summed E-state index contributed by atoms with van der Waals surface area (Å²) in [6.07, 6.45) is 2.79. The number of carboxylic acid groups (broad SMARTS) is 1. The Morgan fingerprint density at radius 1 is 0.966 bits per heavy atom. The summed E-state index contributed by atoms with van der Waals surface area (Å²) in [6, 6.07) is 15.1. The molecule has 3 rings (SSSR count). The molecule has 2 aromatic carbocycles. The molecule has 0 aliphatic carbocycles. The Balaban J connectivity index is 1.83. The topological polar surface area (TPSA) is 111 Å². The minimum absolute atomic E-state index is 0.0265. The SMILES string of the molecule is O=C(Nc1ccc(C(=O)[O-])cc1)/C(=C\c1ccco1)NC(=O)c1ccccc1Cl. The standard InChI is InChI=1S/C21H15ClN2O5/c22-17-6-2-1-5-16(17)19(25)24-18(12-15-4-3-11-29-15)20(26)23-14-9-7-13(8-10-14)21(27)28/h1-12H,(H,23,26)(H,24,25)(H,27,28)/p-1/b18-12+. The first-order valence-corrected chi connectivity index (χ1v) is 8.75. The number of furan rings is 1. The molecule has 0 aliphatic rings. The molecule has 2 amide bonds. The molecule has 0 bridgehead atoms. The van der Waals surface area contributed by atoms with Gasteiger partial charge in [-0.05, 0) is 42.0 Å². The smallest absolute Gasteiger partial charge is 0.272 e. The number of carbonyl (C=O) groups is 3. The highest BCUT2D eigenvalue weighted by Gasteiger charge is 2.17. The fourth-order valence-corrected chi connectivity index (χ4v) is 2.62. The van der Waals surface area contributed by atoms with Crippen molar-refractivity contribution in [1.82, 2.24) is 5.32 Å². The minimum Gasteiger partial charge on any atom is -0.545 e. The lowest BCUT2D eigenvalue weighted by atomic mass is 10.2. The fourth-order valence-electron chi connectivity index (χ4n) is 2.40. The van der Waals surface area contributed by atoms with Gasteiger partial charge in [0.15, 0.2) is 0 Å². The van der Waals surface area contributed by atoms with E-state index < -0.39 is 17.8 Å². The van der Waals surface area contributed by atoms with Gasteiger partial charge in [0, 0.05) is 11.8 Å². The van der Waals surface area contributed by atoms with Gasteiger partial charge < -0.3 is 25.0 Å². The van der Waals surface area contributed by atoms with Crippen LogP contribution < -0.4 is 15.7 Å². The Bertz CT molecular complexity index is 1070. The largest absolute Gasteiger partial charge is 0.545 e. The van der Waals surface area contributed by atoms with Gasteiger partial charge in [0.05, 0.1) is 22.8 Å². The average Bonchev–Trinajstić information content (AvgIpc) is 3.21. The molecule has 1 heterocycles. The second-order valence-corrected chi connectivity index (χ2v) is 6.23. The zero-order valence-corrected chi connectivity index (χ0v) is 15.6. The number of carboxylic acids is 1. The van der Waals surface area contributed by atoms with E-state index in [1.807, 2.05) is 0 Å². The predicted molar refractivity (Wildman–Crippen MR) is 105 cm³/mol. The molecule has 2 N–H and O–H groups in total. The van der Waals surface area contributed by atoms with Gasteiger partial charge >= 0.3 is 0 Å². The number of rotatable bonds is 6. The molecule has 0 radical (unpaired) electrons. The van der Waals surface area contributed by atoms with Crippen LogP contribution in [0.5, 0.6) is 0 Å². The summed E-state index contributed by atoms with van der Waals surface area (Å²) in [5.41, 5.74) is 0.415. The van der Waals surface area contributed by atoms with Crippen molar-refractivity contribution >= 4 is 41.1 Å². The van der Waals surface area contributed by atoms with Crippen LogP contribution in [0.4, 0.5) is 5.69 Å². The Labute approximate surface area is 170 Å². The molecule has 146 valence electrons. The van der Waals surface area contributed by atoms with Gasteiger partial charge in [-0.3, -0.25) is 9.59 Å². The van der Waals surface area contributed by atoms with Crippen molar-refractivity contribution in [2.45, 2.75) is 0 Å². The van der Waals surface area contributed by atoms with Crippen molar-refractivity contribution in [1.29, 1.82) is 0 Å².